The van der Waals surface area contributed by atoms with Gasteiger partial charge in [0.25, 0.3) is 0 Å². The Morgan fingerprint density at radius 2 is 1.96 bits per heavy atom. The highest BCUT2D eigenvalue weighted by Crippen LogP contribution is 2.29. The van der Waals surface area contributed by atoms with Crippen molar-refractivity contribution >= 4 is 15.6 Å². The lowest BCUT2D eigenvalue weighted by Crippen LogP contribution is -2.16. The minimum atomic E-state index is -3.00. The third-order valence-electron chi connectivity index (χ3n) is 4.54. The van der Waals surface area contributed by atoms with E-state index in [0.717, 1.165) is 11.4 Å². The first-order valence-corrected chi connectivity index (χ1v) is 9.89. The first-order valence-electron chi connectivity index (χ1n) is 8.07. The molecule has 3 rings (SSSR count). The van der Waals surface area contributed by atoms with E-state index >= 15 is 0 Å². The molecular formula is C18H20FNO4S. The second kappa shape index (κ2) is 6.63. The zero-order chi connectivity index (χ0) is 18.2. The Kier molecular flexibility index (Phi) is 4.69. The normalized spacial score (nSPS) is 19.1. The van der Waals surface area contributed by atoms with Gasteiger partial charge in [-0.05, 0) is 50.6 Å². The van der Waals surface area contributed by atoms with E-state index in [1.165, 1.54) is 24.3 Å². The van der Waals surface area contributed by atoms with Crippen LogP contribution in [0.1, 0.15) is 34.2 Å². The van der Waals surface area contributed by atoms with Gasteiger partial charge in [-0.3, -0.25) is 4.79 Å². The Bertz CT molecular complexity index is 900. The van der Waals surface area contributed by atoms with Crippen LogP contribution in [0.15, 0.2) is 30.3 Å². The van der Waals surface area contributed by atoms with Crippen molar-refractivity contribution in [2.45, 2.75) is 26.3 Å². The monoisotopic (exact) mass is 365 g/mol. The zero-order valence-corrected chi connectivity index (χ0v) is 15.0. The number of carbonyl (C=O) groups is 1. The van der Waals surface area contributed by atoms with Crippen LogP contribution in [0.5, 0.6) is 5.75 Å². The van der Waals surface area contributed by atoms with Crippen LogP contribution in [0.3, 0.4) is 0 Å². The maximum absolute atomic E-state index is 12.9. The smallest absolute Gasteiger partial charge is 0.202 e. The molecule has 1 aromatic heterocycles. The molecular weight excluding hydrogens is 345 g/mol. The number of rotatable bonds is 5. The number of hydrogen-bond donors (Lipinski definition) is 0. The van der Waals surface area contributed by atoms with Crippen LogP contribution >= 0.6 is 0 Å². The summed E-state index contributed by atoms with van der Waals surface area (Å²) in [6, 6.07) is 7.13. The van der Waals surface area contributed by atoms with E-state index in [1.807, 2.05) is 18.4 Å². The van der Waals surface area contributed by atoms with Crippen molar-refractivity contribution in [1.29, 1.82) is 0 Å². The maximum Gasteiger partial charge on any atom is 0.202 e. The highest BCUT2D eigenvalue weighted by molar-refractivity contribution is 7.91. The Morgan fingerprint density at radius 3 is 2.56 bits per heavy atom. The molecule has 0 radical (unpaired) electrons. The van der Waals surface area contributed by atoms with Gasteiger partial charge in [0.2, 0.25) is 5.78 Å². The highest BCUT2D eigenvalue weighted by atomic mass is 32.2. The lowest BCUT2D eigenvalue weighted by atomic mass is 10.1. The molecule has 0 bridgehead atoms. The molecule has 1 aliphatic heterocycles. The van der Waals surface area contributed by atoms with Gasteiger partial charge in [0.15, 0.2) is 16.4 Å². The van der Waals surface area contributed by atoms with Crippen molar-refractivity contribution in [1.82, 2.24) is 4.57 Å². The summed E-state index contributed by atoms with van der Waals surface area (Å²) < 4.78 is 43.7. The van der Waals surface area contributed by atoms with Gasteiger partial charge in [0.05, 0.1) is 11.5 Å². The van der Waals surface area contributed by atoms with Gasteiger partial charge in [-0.15, -0.1) is 0 Å². The summed E-state index contributed by atoms with van der Waals surface area (Å²) in [4.78, 5) is 12.5. The Hall–Kier alpha value is -2.15. The number of aromatic nitrogens is 1. The minimum absolute atomic E-state index is 0.114. The minimum Gasteiger partial charge on any atom is -0.485 e. The number of sulfone groups is 1. The lowest BCUT2D eigenvalue weighted by molar-refractivity contribution is 0.0920. The van der Waals surface area contributed by atoms with Crippen molar-refractivity contribution < 1.29 is 22.3 Å². The Labute approximate surface area is 146 Å². The third kappa shape index (κ3) is 3.76. The van der Waals surface area contributed by atoms with E-state index in [9.17, 15) is 17.6 Å². The molecule has 0 unspecified atom stereocenters. The number of ketones is 1. The van der Waals surface area contributed by atoms with Crippen LogP contribution in [-0.2, 0) is 9.84 Å². The standard InChI is InChI=1S/C18H20FNO4S/c1-12-9-17(13(2)20(12)15-7-8-25(22,23)11-15)18(21)10-24-16-5-3-14(19)4-6-16/h3-6,9,15H,7-8,10-11H2,1-2H3/t15-/m1/s1. The van der Waals surface area contributed by atoms with Crippen LogP contribution in [0.2, 0.25) is 0 Å². The van der Waals surface area contributed by atoms with E-state index in [-0.39, 0.29) is 35.8 Å². The Morgan fingerprint density at radius 1 is 1.28 bits per heavy atom. The Balaban J connectivity index is 1.75. The molecule has 2 aromatic rings. The summed E-state index contributed by atoms with van der Waals surface area (Å²) >= 11 is 0. The summed E-state index contributed by atoms with van der Waals surface area (Å²) in [6.45, 7) is 3.54. The molecule has 0 spiro atoms. The molecule has 7 heteroatoms. The molecule has 1 aromatic carbocycles. The molecule has 0 aliphatic carbocycles. The van der Waals surface area contributed by atoms with E-state index in [0.29, 0.717) is 17.7 Å². The van der Waals surface area contributed by atoms with Gasteiger partial charge in [-0.25, -0.2) is 12.8 Å². The number of hydrogen-bond acceptors (Lipinski definition) is 4. The fraction of sp³-hybridized carbons (Fsp3) is 0.389. The number of Topliss-reactive ketones (excluding diaryl/α,β-unsaturated/α-hetero) is 1. The van der Waals surface area contributed by atoms with Gasteiger partial charge in [0.1, 0.15) is 11.6 Å². The average Bonchev–Trinajstić information content (AvgIpc) is 3.05. The van der Waals surface area contributed by atoms with Gasteiger partial charge >= 0.3 is 0 Å². The van der Waals surface area contributed by atoms with Crippen molar-refractivity contribution in [2.24, 2.45) is 0 Å². The SMILES string of the molecule is Cc1cc(C(=O)COc2ccc(F)cc2)c(C)n1[C@@H]1CCS(=O)(=O)C1. The fourth-order valence-electron chi connectivity index (χ4n) is 3.36. The van der Waals surface area contributed by atoms with Gasteiger partial charge in [0, 0.05) is 23.0 Å². The summed E-state index contributed by atoms with van der Waals surface area (Å²) in [5, 5.41) is 0. The summed E-state index contributed by atoms with van der Waals surface area (Å²) in [5.74, 6) is 0.165. The largest absolute Gasteiger partial charge is 0.485 e. The first-order chi connectivity index (χ1) is 11.8. The van der Waals surface area contributed by atoms with Crippen molar-refractivity contribution in [3.8, 4) is 5.75 Å². The van der Waals surface area contributed by atoms with Crippen LogP contribution in [0.25, 0.3) is 0 Å². The maximum atomic E-state index is 12.9. The molecule has 1 saturated heterocycles. The predicted octanol–water partition coefficient (Wildman–Crippen LogP) is 2.87. The van der Waals surface area contributed by atoms with Crippen molar-refractivity contribution in [2.75, 3.05) is 18.1 Å². The van der Waals surface area contributed by atoms with Gasteiger partial charge in [-0.2, -0.15) is 0 Å². The molecule has 0 saturated carbocycles. The molecule has 25 heavy (non-hydrogen) atoms. The number of halogens is 1. The molecule has 1 fully saturated rings. The molecule has 1 atom stereocenters. The van der Waals surface area contributed by atoms with Crippen LogP contribution < -0.4 is 4.74 Å². The zero-order valence-electron chi connectivity index (χ0n) is 14.2. The molecule has 1 aliphatic rings. The number of nitrogens with zero attached hydrogens (tertiary/aromatic N) is 1. The van der Waals surface area contributed by atoms with E-state index < -0.39 is 9.84 Å². The van der Waals surface area contributed by atoms with Crippen molar-refractivity contribution in [3.63, 3.8) is 0 Å². The average molecular weight is 365 g/mol. The van der Waals surface area contributed by atoms with Crippen LogP contribution in [-0.4, -0.2) is 36.9 Å². The molecule has 0 N–H and O–H groups in total. The second-order valence-corrected chi connectivity index (χ2v) is 8.61. The molecule has 5 nitrogen and oxygen atoms in total. The first kappa shape index (κ1) is 17.7. The number of carbonyl (C=O) groups excluding carboxylic acids is 1. The van der Waals surface area contributed by atoms with E-state index in [1.54, 1.807) is 6.07 Å². The summed E-state index contributed by atoms with van der Waals surface area (Å²) in [7, 11) is -3.00. The quantitative estimate of drug-likeness (QED) is 0.764. The second-order valence-electron chi connectivity index (χ2n) is 6.38. The number of benzene rings is 1. The lowest BCUT2D eigenvalue weighted by Gasteiger charge is -2.16. The highest BCUT2D eigenvalue weighted by Gasteiger charge is 2.31. The molecule has 134 valence electrons. The molecule has 0 amide bonds. The van der Waals surface area contributed by atoms with E-state index in [4.69, 9.17) is 4.74 Å². The third-order valence-corrected chi connectivity index (χ3v) is 6.29. The number of aryl methyl sites for hydroxylation is 1. The van der Waals surface area contributed by atoms with Crippen LogP contribution in [0.4, 0.5) is 4.39 Å². The van der Waals surface area contributed by atoms with E-state index in [2.05, 4.69) is 0 Å². The summed E-state index contributed by atoms with van der Waals surface area (Å²) in [6.07, 6.45) is 0.568. The fourth-order valence-corrected chi connectivity index (χ4v) is 5.06. The molecule has 2 heterocycles. The number of ether oxygens (including phenoxy) is 1. The predicted molar refractivity (Wildman–Crippen MR) is 92.4 cm³/mol. The topological polar surface area (TPSA) is 65.4 Å². The van der Waals surface area contributed by atoms with Gasteiger partial charge in [-0.1, -0.05) is 0 Å². The van der Waals surface area contributed by atoms with Gasteiger partial charge < -0.3 is 9.30 Å². The van der Waals surface area contributed by atoms with Crippen LogP contribution in [0, 0.1) is 19.7 Å². The van der Waals surface area contributed by atoms with Crippen molar-refractivity contribution in [3.05, 3.63) is 53.1 Å². The summed E-state index contributed by atoms with van der Waals surface area (Å²) in [5.41, 5.74) is 2.15.